The van der Waals surface area contributed by atoms with E-state index < -0.39 is 32.1 Å². The van der Waals surface area contributed by atoms with Crippen molar-refractivity contribution in [1.82, 2.24) is 0 Å². The molecule has 0 aromatic heterocycles. The molecule has 0 aliphatic carbocycles. The molecule has 1 fully saturated rings. The van der Waals surface area contributed by atoms with Crippen molar-refractivity contribution < 1.29 is 28.0 Å². The van der Waals surface area contributed by atoms with Crippen molar-refractivity contribution in [3.8, 4) is 0 Å². The van der Waals surface area contributed by atoms with Gasteiger partial charge in [0.2, 0.25) is 0 Å². The normalized spacial score (nSPS) is 31.0. The van der Waals surface area contributed by atoms with Crippen LogP contribution >= 0.6 is 7.82 Å². The van der Waals surface area contributed by atoms with Gasteiger partial charge in [-0.25, -0.2) is 4.57 Å². The van der Waals surface area contributed by atoms with Crippen molar-refractivity contribution in [2.24, 2.45) is 0 Å². The standard InChI is InChI=1S/C11H22BO6P/c1-7(2)15-6-10-9(5-11(12)16-10)18-19(13,14)17-8(3)4/h7-11H,5-6H2,1-4H3,(H,13,14)/t9?,10?,11-/m1/s1. The fourth-order valence-corrected chi connectivity index (χ4v) is 2.90. The van der Waals surface area contributed by atoms with Crippen molar-refractivity contribution in [3.05, 3.63) is 0 Å². The lowest BCUT2D eigenvalue weighted by molar-refractivity contribution is -0.0482. The SMILES string of the molecule is [B][C@H]1CC(OP(=O)(O)OC(C)C)C(COC(C)C)O1. The van der Waals surface area contributed by atoms with E-state index in [0.717, 1.165) is 0 Å². The van der Waals surface area contributed by atoms with E-state index in [-0.39, 0.29) is 12.7 Å². The first-order chi connectivity index (χ1) is 8.69. The van der Waals surface area contributed by atoms with E-state index in [4.69, 9.17) is 26.4 Å². The molecule has 1 saturated heterocycles. The van der Waals surface area contributed by atoms with Gasteiger partial charge in [-0.2, -0.15) is 0 Å². The third kappa shape index (κ3) is 6.38. The summed E-state index contributed by atoms with van der Waals surface area (Å²) in [6.07, 6.45) is -1.11. The van der Waals surface area contributed by atoms with Gasteiger partial charge in [-0.3, -0.25) is 9.05 Å². The van der Waals surface area contributed by atoms with Gasteiger partial charge in [0.1, 0.15) is 14.0 Å². The van der Waals surface area contributed by atoms with Crippen LogP contribution < -0.4 is 0 Å². The van der Waals surface area contributed by atoms with Crippen molar-refractivity contribution in [1.29, 1.82) is 0 Å². The third-order valence-corrected chi connectivity index (χ3v) is 3.66. The fourth-order valence-electron chi connectivity index (χ4n) is 1.76. The van der Waals surface area contributed by atoms with E-state index in [1.807, 2.05) is 13.8 Å². The average molecular weight is 292 g/mol. The van der Waals surface area contributed by atoms with Gasteiger partial charge < -0.3 is 14.4 Å². The van der Waals surface area contributed by atoms with Crippen molar-refractivity contribution >= 4 is 15.7 Å². The first-order valence-corrected chi connectivity index (χ1v) is 7.91. The molecule has 0 spiro atoms. The Hall–Kier alpha value is 0.0949. The van der Waals surface area contributed by atoms with Gasteiger partial charge in [-0.05, 0) is 34.1 Å². The van der Waals surface area contributed by atoms with Gasteiger partial charge in [0.25, 0.3) is 0 Å². The lowest BCUT2D eigenvalue weighted by atomic mass is 9.96. The monoisotopic (exact) mass is 292 g/mol. The van der Waals surface area contributed by atoms with Crippen LogP contribution in [0.4, 0.5) is 0 Å². The van der Waals surface area contributed by atoms with Gasteiger partial charge in [0.05, 0.1) is 24.9 Å². The maximum absolute atomic E-state index is 11.7. The summed E-state index contributed by atoms with van der Waals surface area (Å²) in [4.78, 5) is 9.60. The quantitative estimate of drug-likeness (QED) is 0.567. The highest BCUT2D eigenvalue weighted by Crippen LogP contribution is 2.48. The van der Waals surface area contributed by atoms with Crippen LogP contribution in [0, 0.1) is 0 Å². The molecule has 8 heteroatoms. The number of ether oxygens (including phenoxy) is 2. The summed E-state index contributed by atoms with van der Waals surface area (Å²) in [5, 5.41) is 0. The van der Waals surface area contributed by atoms with E-state index in [1.54, 1.807) is 13.8 Å². The Morgan fingerprint density at radius 3 is 2.53 bits per heavy atom. The minimum atomic E-state index is -4.10. The molecule has 0 bridgehead atoms. The maximum atomic E-state index is 11.7. The molecule has 0 amide bonds. The Labute approximate surface area is 115 Å². The molecule has 1 aliphatic rings. The summed E-state index contributed by atoms with van der Waals surface area (Å²) in [5.74, 6) is 0. The van der Waals surface area contributed by atoms with Crippen LogP contribution in [0.5, 0.6) is 0 Å². The predicted octanol–water partition coefficient (Wildman–Crippen LogP) is 1.61. The molecular weight excluding hydrogens is 270 g/mol. The zero-order chi connectivity index (χ0) is 14.6. The van der Waals surface area contributed by atoms with E-state index in [0.29, 0.717) is 6.42 Å². The van der Waals surface area contributed by atoms with Crippen molar-refractivity contribution in [2.75, 3.05) is 6.61 Å². The number of phosphoric acid groups is 1. The van der Waals surface area contributed by atoms with Crippen LogP contribution in [-0.2, 0) is 23.1 Å². The fraction of sp³-hybridized carbons (Fsp3) is 1.00. The Kier molecular flexibility index (Phi) is 6.50. The Bertz CT molecular complexity index is 324. The van der Waals surface area contributed by atoms with Crippen molar-refractivity contribution in [3.63, 3.8) is 0 Å². The Morgan fingerprint density at radius 1 is 1.37 bits per heavy atom. The third-order valence-electron chi connectivity index (χ3n) is 2.44. The van der Waals surface area contributed by atoms with Crippen LogP contribution in [0.25, 0.3) is 0 Å². The molecule has 1 aliphatic heterocycles. The van der Waals surface area contributed by atoms with E-state index in [1.165, 1.54) is 0 Å². The second-order valence-electron chi connectivity index (χ2n) is 5.10. The van der Waals surface area contributed by atoms with Gasteiger partial charge in [0.15, 0.2) is 0 Å². The number of hydrogen-bond donors (Lipinski definition) is 1. The summed E-state index contributed by atoms with van der Waals surface area (Å²) >= 11 is 0. The van der Waals surface area contributed by atoms with Crippen LogP contribution in [0.15, 0.2) is 0 Å². The van der Waals surface area contributed by atoms with Crippen LogP contribution in [0.3, 0.4) is 0 Å². The van der Waals surface area contributed by atoms with E-state index in [2.05, 4.69) is 0 Å². The molecule has 0 aromatic carbocycles. The summed E-state index contributed by atoms with van der Waals surface area (Å²) in [5.41, 5.74) is 0. The molecule has 0 saturated carbocycles. The van der Waals surface area contributed by atoms with Crippen LogP contribution in [-0.4, -0.2) is 49.8 Å². The smallest absolute Gasteiger partial charge is 0.380 e. The number of hydrogen-bond acceptors (Lipinski definition) is 5. The number of rotatable bonds is 7. The second-order valence-corrected chi connectivity index (χ2v) is 6.46. The summed E-state index contributed by atoms with van der Waals surface area (Å²) in [7, 11) is 1.57. The molecule has 3 unspecified atom stereocenters. The highest BCUT2D eigenvalue weighted by Gasteiger charge is 2.39. The largest absolute Gasteiger partial charge is 0.472 e. The van der Waals surface area contributed by atoms with Crippen LogP contribution in [0.1, 0.15) is 34.1 Å². The van der Waals surface area contributed by atoms with Crippen molar-refractivity contribution in [2.45, 2.75) is 64.5 Å². The molecule has 1 heterocycles. The Balaban J connectivity index is 2.56. The molecular formula is C11H22BO6P. The first-order valence-electron chi connectivity index (χ1n) is 6.42. The molecule has 1 rings (SSSR count). The zero-order valence-electron chi connectivity index (χ0n) is 11.8. The van der Waals surface area contributed by atoms with Crippen LogP contribution in [0.2, 0.25) is 0 Å². The molecule has 4 atom stereocenters. The molecule has 2 radical (unpaired) electrons. The highest BCUT2D eigenvalue weighted by molar-refractivity contribution is 7.47. The lowest BCUT2D eigenvalue weighted by Crippen LogP contribution is -2.30. The molecule has 6 nitrogen and oxygen atoms in total. The molecule has 110 valence electrons. The average Bonchev–Trinajstić information content (AvgIpc) is 2.52. The summed E-state index contributed by atoms with van der Waals surface area (Å²) < 4.78 is 32.6. The highest BCUT2D eigenvalue weighted by atomic mass is 31.2. The van der Waals surface area contributed by atoms with Gasteiger partial charge in [-0.1, -0.05) is 0 Å². The second kappa shape index (κ2) is 7.20. The zero-order valence-corrected chi connectivity index (χ0v) is 12.7. The summed E-state index contributed by atoms with van der Waals surface area (Å²) in [6.45, 7) is 7.36. The molecule has 19 heavy (non-hydrogen) atoms. The maximum Gasteiger partial charge on any atom is 0.472 e. The Morgan fingerprint density at radius 2 is 2.00 bits per heavy atom. The molecule has 1 N–H and O–H groups in total. The minimum absolute atomic E-state index is 0.0360. The van der Waals surface area contributed by atoms with E-state index >= 15 is 0 Å². The number of phosphoric ester groups is 1. The lowest BCUT2D eigenvalue weighted by Gasteiger charge is -2.23. The topological polar surface area (TPSA) is 74.2 Å². The van der Waals surface area contributed by atoms with Gasteiger partial charge in [-0.15, -0.1) is 0 Å². The predicted molar refractivity (Wildman–Crippen MR) is 71.0 cm³/mol. The van der Waals surface area contributed by atoms with Gasteiger partial charge in [0, 0.05) is 6.00 Å². The van der Waals surface area contributed by atoms with Gasteiger partial charge >= 0.3 is 7.82 Å². The van der Waals surface area contributed by atoms with E-state index in [9.17, 15) is 9.46 Å². The first kappa shape index (κ1) is 17.1. The molecule has 0 aromatic rings. The minimum Gasteiger partial charge on any atom is -0.380 e. The summed E-state index contributed by atoms with van der Waals surface area (Å²) in [6, 6.07) is -0.523.